The Morgan fingerprint density at radius 2 is 1.97 bits per heavy atom. The highest BCUT2D eigenvalue weighted by atomic mass is 35.5. The summed E-state index contributed by atoms with van der Waals surface area (Å²) in [6, 6.07) is 8.62. The van der Waals surface area contributed by atoms with E-state index in [0.29, 0.717) is 61.1 Å². The van der Waals surface area contributed by atoms with Crippen LogP contribution >= 0.6 is 11.6 Å². The predicted octanol–water partition coefficient (Wildman–Crippen LogP) is 6.09. The van der Waals surface area contributed by atoms with E-state index in [1.807, 2.05) is 0 Å². The molecule has 4 rings (SSSR count). The lowest BCUT2D eigenvalue weighted by Gasteiger charge is -2.40. The maximum atomic E-state index is 15.6. The molecule has 1 aliphatic rings. The van der Waals surface area contributed by atoms with Gasteiger partial charge in [-0.25, -0.2) is 13.2 Å². The number of hydrogen-bond donors (Lipinski definition) is 1. The fourth-order valence-electron chi connectivity index (χ4n) is 4.70. The van der Waals surface area contributed by atoms with Crippen molar-refractivity contribution in [3.8, 4) is 17.6 Å². The van der Waals surface area contributed by atoms with Crippen LogP contribution in [0.1, 0.15) is 43.0 Å². The van der Waals surface area contributed by atoms with Gasteiger partial charge in [-0.3, -0.25) is 9.88 Å². The number of ether oxygens (including phenoxy) is 1. The Bertz CT molecular complexity index is 1280. The summed E-state index contributed by atoms with van der Waals surface area (Å²) < 4.78 is 47.6. The normalized spacial score (nSPS) is 16.4. The average Bonchev–Trinajstić information content (AvgIpc) is 2.89. The van der Waals surface area contributed by atoms with Gasteiger partial charge in [-0.05, 0) is 74.5 Å². The number of likely N-dealkylation sites (tertiary alicyclic amines) is 1. The summed E-state index contributed by atoms with van der Waals surface area (Å²) >= 11 is 6.36. The predicted molar refractivity (Wildman–Crippen MR) is 135 cm³/mol. The van der Waals surface area contributed by atoms with Gasteiger partial charge in [0.05, 0.1) is 29.8 Å². The number of fused-ring (bicyclic) bond motifs is 1. The van der Waals surface area contributed by atoms with Gasteiger partial charge in [0.1, 0.15) is 23.6 Å². The summed E-state index contributed by atoms with van der Waals surface area (Å²) in [5, 5.41) is 11.1. The third-order valence-electron chi connectivity index (χ3n) is 7.02. The SMILES string of the molecule is COc1ccc2ncc(Cl)c(C(F)CCC3(CO)CCN(CC#Cc4ccc(F)cc4F)CC3)c2c1. The molecule has 36 heavy (non-hydrogen) atoms. The summed E-state index contributed by atoms with van der Waals surface area (Å²) in [5.41, 5.74) is 0.815. The number of alkyl halides is 1. The number of piperidine rings is 1. The maximum Gasteiger partial charge on any atom is 0.141 e. The molecule has 3 aromatic rings. The molecule has 4 nitrogen and oxygen atoms in total. The molecular weight excluding hydrogens is 489 g/mol. The lowest BCUT2D eigenvalue weighted by Crippen LogP contribution is -2.42. The zero-order valence-electron chi connectivity index (χ0n) is 20.0. The number of hydrogen-bond acceptors (Lipinski definition) is 4. The number of benzene rings is 2. The molecule has 8 heteroatoms. The van der Waals surface area contributed by atoms with Gasteiger partial charge in [-0.2, -0.15) is 0 Å². The third-order valence-corrected chi connectivity index (χ3v) is 7.32. The molecule has 2 heterocycles. The second-order valence-electron chi connectivity index (χ2n) is 9.27. The van der Waals surface area contributed by atoms with E-state index in [-0.39, 0.29) is 29.0 Å². The minimum absolute atomic E-state index is 0.0291. The molecule has 0 amide bonds. The fraction of sp³-hybridized carbons (Fsp3) is 0.393. The average molecular weight is 517 g/mol. The second-order valence-corrected chi connectivity index (χ2v) is 9.68. The van der Waals surface area contributed by atoms with Crippen molar-refractivity contribution in [2.45, 2.75) is 31.9 Å². The van der Waals surface area contributed by atoms with Gasteiger partial charge in [0.15, 0.2) is 0 Å². The standard InChI is InChI=1S/C28H28ClF3N2O2/c1-36-21-6-7-26-22(16-21)27(23(29)17-33-26)24(31)8-9-28(18-35)10-13-34(14-11-28)12-2-3-19-4-5-20(30)15-25(19)32/h4-7,15-17,24,35H,8-14,18H2,1H3. The van der Waals surface area contributed by atoms with Crippen LogP contribution in [0.3, 0.4) is 0 Å². The second kappa shape index (κ2) is 11.5. The molecule has 0 saturated carbocycles. The van der Waals surface area contributed by atoms with Crippen molar-refractivity contribution >= 4 is 22.5 Å². The number of aliphatic hydroxyl groups is 1. The number of aliphatic hydroxyl groups excluding tert-OH is 1. The van der Waals surface area contributed by atoms with Crippen molar-refractivity contribution in [3.05, 3.63) is 70.4 Å². The third kappa shape index (κ3) is 5.95. The minimum atomic E-state index is -1.31. The number of rotatable bonds is 7. The topological polar surface area (TPSA) is 45.6 Å². The van der Waals surface area contributed by atoms with Gasteiger partial charge in [0.25, 0.3) is 0 Å². The van der Waals surface area contributed by atoms with Crippen LogP contribution in [0.25, 0.3) is 10.9 Å². The monoisotopic (exact) mass is 516 g/mol. The minimum Gasteiger partial charge on any atom is -0.497 e. The molecule has 2 aromatic carbocycles. The molecule has 190 valence electrons. The number of methoxy groups -OCH3 is 1. The number of nitrogens with zero attached hydrogens (tertiary/aromatic N) is 2. The van der Waals surface area contributed by atoms with Crippen LogP contribution < -0.4 is 4.74 Å². The van der Waals surface area contributed by atoms with E-state index in [2.05, 4.69) is 21.7 Å². The van der Waals surface area contributed by atoms with Crippen LogP contribution in [0.15, 0.2) is 42.6 Å². The fourth-order valence-corrected chi connectivity index (χ4v) is 4.97. The van der Waals surface area contributed by atoms with Crippen LogP contribution in [0, 0.1) is 28.9 Å². The Hall–Kier alpha value is -2.79. The van der Waals surface area contributed by atoms with Crippen LogP contribution in [0.2, 0.25) is 5.02 Å². The molecule has 1 N–H and O–H groups in total. The first-order valence-electron chi connectivity index (χ1n) is 11.9. The van der Waals surface area contributed by atoms with Gasteiger partial charge in [-0.1, -0.05) is 23.4 Å². The summed E-state index contributed by atoms with van der Waals surface area (Å²) in [7, 11) is 1.55. The smallest absolute Gasteiger partial charge is 0.141 e. The highest BCUT2D eigenvalue weighted by Gasteiger charge is 2.35. The number of pyridine rings is 1. The van der Waals surface area contributed by atoms with Crippen molar-refractivity contribution in [1.82, 2.24) is 9.88 Å². The van der Waals surface area contributed by atoms with Crippen molar-refractivity contribution in [1.29, 1.82) is 0 Å². The Kier molecular flexibility index (Phi) is 8.40. The molecule has 1 unspecified atom stereocenters. The molecule has 0 radical (unpaired) electrons. The summed E-state index contributed by atoms with van der Waals surface area (Å²) in [6.07, 6.45) is 2.28. The molecule has 1 aromatic heterocycles. The van der Waals surface area contributed by atoms with E-state index >= 15 is 4.39 Å². The summed E-state index contributed by atoms with van der Waals surface area (Å²) in [5.74, 6) is 4.98. The van der Waals surface area contributed by atoms with E-state index in [1.54, 1.807) is 25.3 Å². The molecule has 0 spiro atoms. The Labute approximate surface area is 214 Å². The molecule has 0 bridgehead atoms. The van der Waals surface area contributed by atoms with E-state index in [9.17, 15) is 13.9 Å². The van der Waals surface area contributed by atoms with Crippen LogP contribution in [-0.4, -0.2) is 48.3 Å². The van der Waals surface area contributed by atoms with Gasteiger partial charge in [0.2, 0.25) is 0 Å². The van der Waals surface area contributed by atoms with Gasteiger partial charge in [0, 0.05) is 29.8 Å². The molecule has 1 fully saturated rings. The van der Waals surface area contributed by atoms with Crippen molar-refractivity contribution in [2.75, 3.05) is 33.4 Å². The highest BCUT2D eigenvalue weighted by molar-refractivity contribution is 6.32. The molecule has 1 aliphatic heterocycles. The van der Waals surface area contributed by atoms with Gasteiger partial charge in [-0.15, -0.1) is 0 Å². The summed E-state index contributed by atoms with van der Waals surface area (Å²) in [4.78, 5) is 6.41. The summed E-state index contributed by atoms with van der Waals surface area (Å²) in [6.45, 7) is 1.78. The molecule has 0 aliphatic carbocycles. The van der Waals surface area contributed by atoms with Crippen LogP contribution in [0.4, 0.5) is 13.2 Å². The van der Waals surface area contributed by atoms with Crippen molar-refractivity contribution < 1.29 is 23.0 Å². The van der Waals surface area contributed by atoms with Gasteiger partial charge >= 0.3 is 0 Å². The van der Waals surface area contributed by atoms with E-state index in [4.69, 9.17) is 16.3 Å². The van der Waals surface area contributed by atoms with E-state index in [0.717, 1.165) is 6.07 Å². The van der Waals surface area contributed by atoms with Crippen molar-refractivity contribution in [3.63, 3.8) is 0 Å². The maximum absolute atomic E-state index is 15.6. The molecule has 1 saturated heterocycles. The number of halogens is 4. The zero-order chi connectivity index (χ0) is 25.7. The van der Waals surface area contributed by atoms with Crippen LogP contribution in [-0.2, 0) is 0 Å². The zero-order valence-corrected chi connectivity index (χ0v) is 20.8. The first-order chi connectivity index (χ1) is 17.3. The highest BCUT2D eigenvalue weighted by Crippen LogP contribution is 2.41. The first-order valence-corrected chi connectivity index (χ1v) is 12.3. The number of aromatic nitrogens is 1. The van der Waals surface area contributed by atoms with Crippen molar-refractivity contribution in [2.24, 2.45) is 5.41 Å². The first kappa shape index (κ1) is 26.3. The van der Waals surface area contributed by atoms with E-state index < -0.39 is 17.8 Å². The Balaban J connectivity index is 1.38. The lowest BCUT2D eigenvalue weighted by molar-refractivity contribution is 0.0344. The van der Waals surface area contributed by atoms with Gasteiger partial charge < -0.3 is 9.84 Å². The van der Waals surface area contributed by atoms with Crippen LogP contribution in [0.5, 0.6) is 5.75 Å². The molecular formula is C28H28ClF3N2O2. The van der Waals surface area contributed by atoms with E-state index in [1.165, 1.54) is 18.3 Å². The Morgan fingerprint density at radius 3 is 2.67 bits per heavy atom. The molecule has 1 atom stereocenters. The largest absolute Gasteiger partial charge is 0.497 e. The Morgan fingerprint density at radius 1 is 1.19 bits per heavy atom. The quantitative estimate of drug-likeness (QED) is 0.386. The lowest BCUT2D eigenvalue weighted by atomic mass is 9.74.